The van der Waals surface area contributed by atoms with E-state index in [0.717, 1.165) is 19.3 Å². The monoisotopic (exact) mass is 256 g/mol. The Hall–Kier alpha value is -1.58. The van der Waals surface area contributed by atoms with Gasteiger partial charge in [-0.2, -0.15) is 0 Å². The smallest absolute Gasteiger partial charge is 0.333 e. The Morgan fingerprint density at radius 2 is 1.67 bits per heavy atom. The highest BCUT2D eigenvalue weighted by atomic mass is 16.5. The third kappa shape index (κ3) is 12.5. The molecule has 0 rings (SSSR count). The molecule has 0 aromatic heterocycles. The number of hydrogen-bond donors (Lipinski definition) is 1. The lowest BCUT2D eigenvalue weighted by molar-refractivity contribution is -0.143. The summed E-state index contributed by atoms with van der Waals surface area (Å²) in [6.45, 7) is 13.8. The molecule has 0 aliphatic rings. The summed E-state index contributed by atoms with van der Waals surface area (Å²) >= 11 is 0. The molecule has 104 valence electrons. The maximum atomic E-state index is 11.0. The number of hydrogen-bond acceptors (Lipinski definition) is 3. The van der Waals surface area contributed by atoms with Crippen LogP contribution < -0.4 is 0 Å². The number of esters is 1. The van der Waals surface area contributed by atoms with Gasteiger partial charge >= 0.3 is 11.9 Å². The van der Waals surface area contributed by atoms with Gasteiger partial charge in [-0.1, -0.05) is 32.9 Å². The summed E-state index contributed by atoms with van der Waals surface area (Å²) in [5, 5.41) is 7.89. The van der Waals surface area contributed by atoms with Gasteiger partial charge in [0.15, 0.2) is 0 Å². The zero-order valence-corrected chi connectivity index (χ0v) is 11.8. The van der Waals surface area contributed by atoms with Crippen molar-refractivity contribution in [3.8, 4) is 0 Å². The Bertz CT molecular complexity index is 293. The van der Waals surface area contributed by atoms with Crippen molar-refractivity contribution in [2.24, 2.45) is 0 Å². The third-order valence-electron chi connectivity index (χ3n) is 1.99. The predicted molar refractivity (Wildman–Crippen MR) is 72.3 cm³/mol. The van der Waals surface area contributed by atoms with E-state index in [2.05, 4.69) is 20.1 Å². The zero-order chi connectivity index (χ0) is 14.7. The molecule has 1 unspecified atom stereocenters. The van der Waals surface area contributed by atoms with Crippen LogP contribution in [0.5, 0.6) is 0 Å². The molecule has 18 heavy (non-hydrogen) atoms. The Morgan fingerprint density at radius 3 is 1.94 bits per heavy atom. The quantitative estimate of drug-likeness (QED) is 0.585. The minimum atomic E-state index is -0.935. The fourth-order valence-electron chi connectivity index (χ4n) is 0.834. The van der Waals surface area contributed by atoms with Crippen LogP contribution in [0.2, 0.25) is 0 Å². The Labute approximate surface area is 109 Å². The largest absolute Gasteiger partial charge is 0.478 e. The van der Waals surface area contributed by atoms with Crippen LogP contribution in [-0.4, -0.2) is 23.1 Å². The van der Waals surface area contributed by atoms with E-state index in [1.165, 1.54) is 6.92 Å². The fourth-order valence-corrected chi connectivity index (χ4v) is 0.834. The van der Waals surface area contributed by atoms with Crippen LogP contribution in [0, 0.1) is 0 Å². The van der Waals surface area contributed by atoms with Gasteiger partial charge in [0.05, 0.1) is 6.10 Å². The molecule has 0 aliphatic carbocycles. The van der Waals surface area contributed by atoms with Crippen LogP contribution in [0.1, 0.15) is 47.0 Å². The molecule has 0 heterocycles. The predicted octanol–water partition coefficient (Wildman–Crippen LogP) is 3.33. The Kier molecular flexibility index (Phi) is 11.0. The molecule has 0 aromatic rings. The fraction of sp³-hybridized carbons (Fsp3) is 0.571. The molecule has 0 radical (unpaired) electrons. The van der Waals surface area contributed by atoms with E-state index in [-0.39, 0.29) is 17.6 Å². The lowest BCUT2D eigenvalue weighted by atomic mass is 10.2. The number of carboxylic acids is 1. The second-order valence-electron chi connectivity index (χ2n) is 4.22. The van der Waals surface area contributed by atoms with Crippen LogP contribution in [0.3, 0.4) is 0 Å². The summed E-state index contributed by atoms with van der Waals surface area (Å²) in [5.41, 5.74) is 0.647. The normalized spacial score (nSPS) is 10.7. The van der Waals surface area contributed by atoms with Crippen molar-refractivity contribution in [1.29, 1.82) is 0 Å². The first kappa shape index (κ1) is 18.8. The summed E-state index contributed by atoms with van der Waals surface area (Å²) in [4.78, 5) is 20.6. The van der Waals surface area contributed by atoms with Crippen molar-refractivity contribution in [2.45, 2.75) is 53.1 Å². The molecular formula is C14H24O4. The number of carbonyl (C=O) groups excluding carboxylic acids is 1. The third-order valence-corrected chi connectivity index (χ3v) is 1.99. The van der Waals surface area contributed by atoms with Crippen LogP contribution in [0.25, 0.3) is 0 Å². The molecule has 0 bridgehead atoms. The first-order valence-electron chi connectivity index (χ1n) is 5.97. The SMILES string of the molecule is C=C(C)C(=O)O.C=C(C)C(=O)OC(C)CCCC. The van der Waals surface area contributed by atoms with Crippen molar-refractivity contribution in [2.75, 3.05) is 0 Å². The molecule has 1 N–H and O–H groups in total. The van der Waals surface area contributed by atoms with Gasteiger partial charge in [-0.15, -0.1) is 0 Å². The number of aliphatic carboxylic acids is 1. The van der Waals surface area contributed by atoms with E-state index in [1.807, 2.05) is 6.92 Å². The highest BCUT2D eigenvalue weighted by Gasteiger charge is 2.08. The van der Waals surface area contributed by atoms with Crippen LogP contribution in [0.4, 0.5) is 0 Å². The molecule has 4 nitrogen and oxygen atoms in total. The van der Waals surface area contributed by atoms with Crippen molar-refractivity contribution in [3.05, 3.63) is 24.3 Å². The Morgan fingerprint density at radius 1 is 1.22 bits per heavy atom. The molecule has 0 saturated heterocycles. The van der Waals surface area contributed by atoms with Crippen molar-refractivity contribution in [3.63, 3.8) is 0 Å². The first-order chi connectivity index (χ1) is 8.22. The molecule has 0 amide bonds. The van der Waals surface area contributed by atoms with E-state index >= 15 is 0 Å². The van der Waals surface area contributed by atoms with E-state index in [0.29, 0.717) is 5.57 Å². The van der Waals surface area contributed by atoms with Gasteiger partial charge in [-0.25, -0.2) is 9.59 Å². The second kappa shape index (κ2) is 10.6. The van der Waals surface area contributed by atoms with Crippen LogP contribution >= 0.6 is 0 Å². The maximum Gasteiger partial charge on any atom is 0.333 e. The first-order valence-corrected chi connectivity index (χ1v) is 5.97. The van der Waals surface area contributed by atoms with E-state index in [1.54, 1.807) is 6.92 Å². The molecule has 0 spiro atoms. The van der Waals surface area contributed by atoms with Crippen molar-refractivity contribution >= 4 is 11.9 Å². The average molecular weight is 256 g/mol. The number of carboxylic acid groups (broad SMARTS) is 1. The van der Waals surface area contributed by atoms with Gasteiger partial charge in [0.25, 0.3) is 0 Å². The topological polar surface area (TPSA) is 63.6 Å². The van der Waals surface area contributed by atoms with Gasteiger partial charge < -0.3 is 9.84 Å². The van der Waals surface area contributed by atoms with E-state index < -0.39 is 5.97 Å². The number of carbonyl (C=O) groups is 2. The van der Waals surface area contributed by atoms with Crippen molar-refractivity contribution < 1.29 is 19.4 Å². The van der Waals surface area contributed by atoms with Gasteiger partial charge in [0.2, 0.25) is 0 Å². The molecule has 0 fully saturated rings. The number of ether oxygens (including phenoxy) is 1. The molecule has 4 heteroatoms. The van der Waals surface area contributed by atoms with Gasteiger partial charge in [0.1, 0.15) is 0 Å². The van der Waals surface area contributed by atoms with Crippen molar-refractivity contribution in [1.82, 2.24) is 0 Å². The van der Waals surface area contributed by atoms with E-state index in [9.17, 15) is 9.59 Å². The summed E-state index contributed by atoms with van der Waals surface area (Å²) in [5.74, 6) is -1.21. The number of rotatable bonds is 6. The standard InChI is InChI=1S/C10H18O2.C4H6O2/c1-5-6-7-9(4)12-10(11)8(2)3;1-3(2)4(5)6/h9H,2,5-7H2,1,3-4H3;1H2,2H3,(H,5,6). The Balaban J connectivity index is 0. The average Bonchev–Trinajstić information content (AvgIpc) is 2.26. The summed E-state index contributed by atoms with van der Waals surface area (Å²) in [6, 6.07) is 0. The minimum absolute atomic E-state index is 0.0224. The maximum absolute atomic E-state index is 11.0. The summed E-state index contributed by atoms with van der Waals surface area (Å²) < 4.78 is 5.08. The second-order valence-corrected chi connectivity index (χ2v) is 4.22. The van der Waals surface area contributed by atoms with E-state index in [4.69, 9.17) is 9.84 Å². The highest BCUT2D eigenvalue weighted by Crippen LogP contribution is 2.06. The highest BCUT2D eigenvalue weighted by molar-refractivity contribution is 5.87. The number of unbranched alkanes of at least 4 members (excludes halogenated alkanes) is 1. The molecule has 0 aliphatic heterocycles. The lowest BCUT2D eigenvalue weighted by Crippen LogP contribution is -2.14. The molecular weight excluding hydrogens is 232 g/mol. The summed E-state index contributed by atoms with van der Waals surface area (Å²) in [7, 11) is 0. The van der Waals surface area contributed by atoms with Crippen LogP contribution in [0.15, 0.2) is 24.3 Å². The molecule has 1 atom stereocenters. The van der Waals surface area contributed by atoms with Crippen LogP contribution in [-0.2, 0) is 14.3 Å². The molecule has 0 aromatic carbocycles. The lowest BCUT2D eigenvalue weighted by Gasteiger charge is -2.11. The molecule has 0 saturated carbocycles. The van der Waals surface area contributed by atoms with Gasteiger partial charge in [-0.05, 0) is 27.2 Å². The zero-order valence-electron chi connectivity index (χ0n) is 11.8. The van der Waals surface area contributed by atoms with Gasteiger partial charge in [-0.3, -0.25) is 0 Å². The minimum Gasteiger partial charge on any atom is -0.478 e. The summed E-state index contributed by atoms with van der Waals surface area (Å²) in [6.07, 6.45) is 3.20. The van der Waals surface area contributed by atoms with Gasteiger partial charge in [0, 0.05) is 11.1 Å².